The number of nitrogens with zero attached hydrogens (tertiary/aromatic N) is 5. The molecule has 1 aliphatic heterocycles. The maximum Gasteiger partial charge on any atom is 0.244 e. The zero-order valence-corrected chi connectivity index (χ0v) is 21.8. The summed E-state index contributed by atoms with van der Waals surface area (Å²) in [6, 6.07) is 8.72. The number of piperidine rings is 1. The lowest BCUT2D eigenvalue weighted by Crippen LogP contribution is -2.45. The number of benzene rings is 1. The van der Waals surface area contributed by atoms with Gasteiger partial charge in [0, 0.05) is 43.3 Å². The second-order valence-corrected chi connectivity index (χ2v) is 12.2. The van der Waals surface area contributed by atoms with Gasteiger partial charge in [-0.15, -0.1) is 5.10 Å². The third kappa shape index (κ3) is 5.51. The molecule has 200 valence electrons. The quantitative estimate of drug-likeness (QED) is 0.442. The number of sulfonamides is 1. The van der Waals surface area contributed by atoms with Crippen molar-refractivity contribution in [1.82, 2.24) is 24.6 Å². The van der Waals surface area contributed by atoms with E-state index in [1.54, 1.807) is 28.2 Å². The molecule has 3 aromatic rings. The number of carbonyl (C=O) groups is 1. The van der Waals surface area contributed by atoms with Crippen LogP contribution in [0.5, 0.6) is 5.88 Å². The first-order valence-corrected chi connectivity index (χ1v) is 14.6. The van der Waals surface area contributed by atoms with Crippen LogP contribution in [0.3, 0.4) is 0 Å². The fourth-order valence-electron chi connectivity index (χ4n) is 5.17. The lowest BCUT2D eigenvalue weighted by atomic mass is 10.1. The van der Waals surface area contributed by atoms with Gasteiger partial charge in [0.05, 0.1) is 10.8 Å². The van der Waals surface area contributed by atoms with Crippen LogP contribution in [-0.4, -0.2) is 69.5 Å². The maximum atomic E-state index is 12.9. The zero-order chi connectivity index (χ0) is 26.3. The summed E-state index contributed by atoms with van der Waals surface area (Å²) in [6.45, 7) is 0.742. The van der Waals surface area contributed by atoms with Crippen molar-refractivity contribution in [2.75, 3.05) is 18.4 Å². The molecule has 0 bridgehead atoms. The maximum absolute atomic E-state index is 12.9. The van der Waals surface area contributed by atoms with Crippen LogP contribution in [-0.2, 0) is 34.2 Å². The van der Waals surface area contributed by atoms with Crippen molar-refractivity contribution in [1.29, 1.82) is 0 Å². The summed E-state index contributed by atoms with van der Waals surface area (Å²) < 4.78 is 30.8. The van der Waals surface area contributed by atoms with Gasteiger partial charge in [-0.3, -0.25) is 9.48 Å². The minimum atomic E-state index is -3.58. The van der Waals surface area contributed by atoms with E-state index in [4.69, 9.17) is 9.88 Å². The normalized spacial score (nSPS) is 18.4. The van der Waals surface area contributed by atoms with Crippen LogP contribution in [0.4, 0.5) is 5.95 Å². The summed E-state index contributed by atoms with van der Waals surface area (Å²) in [7, 11) is -3.58. The average Bonchev–Trinajstić information content (AvgIpc) is 3.49. The number of hydrogen-bond donors (Lipinski definition) is 2. The Morgan fingerprint density at radius 2 is 1.71 bits per heavy atom. The fraction of sp³-hybridized carbons (Fsp3) is 0.462. The van der Waals surface area contributed by atoms with Crippen molar-refractivity contribution >= 4 is 21.9 Å². The number of primary sulfonamides is 1. The molecule has 1 saturated carbocycles. The summed E-state index contributed by atoms with van der Waals surface area (Å²) >= 11 is 0. The van der Waals surface area contributed by atoms with E-state index in [-0.39, 0.29) is 24.6 Å². The fourth-order valence-corrected chi connectivity index (χ4v) is 6.04. The molecule has 38 heavy (non-hydrogen) atoms. The van der Waals surface area contributed by atoms with E-state index in [9.17, 15) is 13.2 Å². The van der Waals surface area contributed by atoms with Crippen LogP contribution in [0.1, 0.15) is 36.8 Å². The third-order valence-electron chi connectivity index (χ3n) is 7.43. The predicted octanol–water partition coefficient (Wildman–Crippen LogP) is 1.74. The van der Waals surface area contributed by atoms with Crippen molar-refractivity contribution in [2.45, 2.75) is 62.5 Å². The second-order valence-electron chi connectivity index (χ2n) is 10.3. The Labute approximate surface area is 221 Å². The Kier molecular flexibility index (Phi) is 6.52. The molecule has 3 N–H and O–H groups in total. The molecule has 3 aliphatic rings. The van der Waals surface area contributed by atoms with Crippen LogP contribution in [0, 0.1) is 0 Å². The van der Waals surface area contributed by atoms with Crippen molar-refractivity contribution in [3.05, 3.63) is 54.0 Å². The van der Waals surface area contributed by atoms with Crippen LogP contribution in [0.2, 0.25) is 0 Å². The van der Waals surface area contributed by atoms with Gasteiger partial charge >= 0.3 is 0 Å². The van der Waals surface area contributed by atoms with E-state index in [0.717, 1.165) is 36.8 Å². The molecule has 0 unspecified atom stereocenters. The topological polar surface area (TPSA) is 145 Å². The highest BCUT2D eigenvalue weighted by Crippen LogP contribution is 2.34. The molecular weight excluding hydrogens is 506 g/mol. The van der Waals surface area contributed by atoms with Gasteiger partial charge in [-0.1, -0.05) is 24.3 Å². The van der Waals surface area contributed by atoms with Crippen LogP contribution >= 0.6 is 0 Å². The monoisotopic (exact) mass is 537 g/mol. The molecule has 0 radical (unpaired) electrons. The van der Waals surface area contributed by atoms with Gasteiger partial charge in [0.25, 0.3) is 0 Å². The molecule has 0 atom stereocenters. The lowest BCUT2D eigenvalue weighted by Gasteiger charge is -2.30. The Hall–Kier alpha value is -3.51. The summed E-state index contributed by atoms with van der Waals surface area (Å²) in [6.07, 6.45) is 9.95. The highest BCUT2D eigenvalue weighted by atomic mass is 32.2. The van der Waals surface area contributed by atoms with Crippen LogP contribution in [0.25, 0.3) is 11.1 Å². The molecule has 2 aromatic heterocycles. The summed E-state index contributed by atoms with van der Waals surface area (Å²) in [4.78, 5) is 23.7. The largest absolute Gasteiger partial charge is 0.473 e. The molecule has 2 aliphatic carbocycles. The highest BCUT2D eigenvalue weighted by molar-refractivity contribution is 7.89. The summed E-state index contributed by atoms with van der Waals surface area (Å²) in [5.41, 5.74) is 4.21. The number of nitrogens with two attached hydrogens (primary N) is 1. The Bertz CT molecular complexity index is 1400. The molecule has 3 heterocycles. The Balaban J connectivity index is 1.12. The number of aromatic nitrogens is 4. The number of fused-ring (bicyclic) bond motifs is 1. The molecule has 1 aromatic carbocycles. The van der Waals surface area contributed by atoms with Crippen molar-refractivity contribution in [2.24, 2.45) is 5.14 Å². The predicted molar refractivity (Wildman–Crippen MR) is 141 cm³/mol. The van der Waals surface area contributed by atoms with Gasteiger partial charge in [0.2, 0.25) is 27.8 Å². The molecule has 1 amide bonds. The van der Waals surface area contributed by atoms with E-state index in [1.165, 1.54) is 11.1 Å². The first kappa shape index (κ1) is 24.8. The zero-order valence-electron chi connectivity index (χ0n) is 21.0. The number of likely N-dealkylation sites (tertiary alicyclic amines) is 1. The first-order chi connectivity index (χ1) is 18.3. The molecule has 12 heteroatoms. The number of amides is 1. The smallest absolute Gasteiger partial charge is 0.244 e. The van der Waals surface area contributed by atoms with Crippen LogP contribution in [0.15, 0.2) is 42.9 Å². The molecule has 2 fully saturated rings. The minimum absolute atomic E-state index is 0.0316. The standard InChI is InChI=1S/C26H31N7O4S/c27-38(35,36)22-7-9-32(10-8-22)24(34)16-33-15-23(25(31-33)37-21-5-6-21)19-13-28-26(29-14-19)30-20-11-17-3-1-2-4-18(17)12-20/h1-4,13-15,20-22H,5-12,16H2,(H2,27,35,36)(H,28,29,30). The van der Waals surface area contributed by atoms with Crippen LogP contribution < -0.4 is 15.2 Å². The lowest BCUT2D eigenvalue weighted by molar-refractivity contribution is -0.132. The van der Waals surface area contributed by atoms with Gasteiger partial charge < -0.3 is 15.0 Å². The van der Waals surface area contributed by atoms with E-state index >= 15 is 0 Å². The second kappa shape index (κ2) is 9.99. The number of rotatable bonds is 8. The molecule has 6 rings (SSSR count). The van der Waals surface area contributed by atoms with E-state index in [2.05, 4.69) is 44.6 Å². The van der Waals surface area contributed by atoms with Crippen molar-refractivity contribution < 1.29 is 17.9 Å². The Morgan fingerprint density at radius 1 is 1.05 bits per heavy atom. The molecule has 11 nitrogen and oxygen atoms in total. The van der Waals surface area contributed by atoms with Gasteiger partial charge in [-0.05, 0) is 49.7 Å². The number of anilines is 1. The first-order valence-electron chi connectivity index (χ1n) is 13.0. The number of nitrogens with one attached hydrogen (secondary N) is 1. The van der Waals surface area contributed by atoms with Crippen molar-refractivity contribution in [3.63, 3.8) is 0 Å². The average molecular weight is 538 g/mol. The molecular formula is C26H31N7O4S. The van der Waals surface area contributed by atoms with E-state index < -0.39 is 15.3 Å². The third-order valence-corrected chi connectivity index (χ3v) is 8.83. The SMILES string of the molecule is NS(=O)(=O)C1CCN(C(=O)Cn2cc(-c3cnc(NC4Cc5ccccc5C4)nc3)c(OC3CC3)n2)CC1. The number of carbonyl (C=O) groups excluding carboxylic acids is 1. The van der Waals surface area contributed by atoms with Gasteiger partial charge in [0.15, 0.2) is 0 Å². The van der Waals surface area contributed by atoms with Gasteiger partial charge in [-0.25, -0.2) is 23.5 Å². The Morgan fingerprint density at radius 3 is 2.32 bits per heavy atom. The van der Waals surface area contributed by atoms with E-state index in [0.29, 0.717) is 37.8 Å². The summed E-state index contributed by atoms with van der Waals surface area (Å²) in [5, 5.41) is 12.7. The van der Waals surface area contributed by atoms with Gasteiger partial charge in [-0.2, -0.15) is 0 Å². The molecule has 1 saturated heterocycles. The minimum Gasteiger partial charge on any atom is -0.473 e. The number of hydrogen-bond acceptors (Lipinski definition) is 8. The molecule has 0 spiro atoms. The summed E-state index contributed by atoms with van der Waals surface area (Å²) in [5.74, 6) is 0.906. The van der Waals surface area contributed by atoms with E-state index in [1.807, 2.05) is 0 Å². The highest BCUT2D eigenvalue weighted by Gasteiger charge is 2.30. The van der Waals surface area contributed by atoms with Crippen molar-refractivity contribution in [3.8, 4) is 17.0 Å². The number of ether oxygens (including phenoxy) is 1. The van der Waals surface area contributed by atoms with Gasteiger partial charge in [0.1, 0.15) is 12.6 Å².